The summed E-state index contributed by atoms with van der Waals surface area (Å²) in [6.07, 6.45) is 40.9. The van der Waals surface area contributed by atoms with Crippen molar-refractivity contribution in [1.29, 1.82) is 0 Å². The minimum absolute atomic E-state index is 0.0365. The molecule has 0 aromatic rings. The first kappa shape index (κ1) is 38.1. The Morgan fingerprint density at radius 1 is 0.679 bits per heavy atom. The zero-order chi connectivity index (χ0) is 36.3. The van der Waals surface area contributed by atoms with Gasteiger partial charge in [0.15, 0.2) is 0 Å². The van der Waals surface area contributed by atoms with Crippen LogP contribution in [0.1, 0.15) is 175 Å². The predicted octanol–water partition coefficient (Wildman–Crippen LogP) is 15.3. The Morgan fingerprint density at radius 3 is 2.17 bits per heavy atom. The summed E-state index contributed by atoms with van der Waals surface area (Å²) >= 11 is 6.21. The molecule has 0 amide bonds. The topological polar surface area (TPSA) is 0 Å². The van der Waals surface area contributed by atoms with E-state index in [9.17, 15) is 0 Å². The van der Waals surface area contributed by atoms with Crippen LogP contribution in [0.5, 0.6) is 0 Å². The predicted molar refractivity (Wildman–Crippen MR) is 237 cm³/mol. The molecule has 0 saturated heterocycles. The SMILES string of the molecule is CCC1(F)C2(C)C3CC(C)CCC(C3)C3CC4CCC4CC(CC4CCCC4)C(C3)C2(I)C1(I)C1CCC2C3CCC=C(C3)C3CC=CCC3C2CC1. The standard InChI is InChI=1S/C50H75FI2/c1-4-48(51)47(3)41-24-31(2)16-17-35(29-41)38-26-33-18-19-34(33)27-39(25-32-10-5-6-11-32)46(30-38)50(47,53)49(48,52)40-20-22-43-37-13-9-12-36(28-37)42-14-7-8-15-44(42)45(43)23-21-40/h7-8,12,31-35,37-46H,4-6,9-11,13-30H2,1-3H3. The van der Waals surface area contributed by atoms with Crippen molar-refractivity contribution in [3.63, 3.8) is 0 Å². The van der Waals surface area contributed by atoms with E-state index in [4.69, 9.17) is 0 Å². The average molecular weight is 949 g/mol. The van der Waals surface area contributed by atoms with Gasteiger partial charge in [-0.05, 0) is 211 Å². The first-order valence-corrected chi connectivity index (χ1v) is 26.2. The molecule has 10 aliphatic carbocycles. The van der Waals surface area contributed by atoms with Crippen molar-refractivity contribution in [3.05, 3.63) is 23.8 Å². The van der Waals surface area contributed by atoms with Gasteiger partial charge in [-0.15, -0.1) is 0 Å². The van der Waals surface area contributed by atoms with E-state index in [-0.39, 0.29) is 12.3 Å². The Morgan fingerprint density at radius 2 is 1.40 bits per heavy atom. The molecule has 8 saturated carbocycles. The van der Waals surface area contributed by atoms with Gasteiger partial charge >= 0.3 is 0 Å². The van der Waals surface area contributed by atoms with Crippen molar-refractivity contribution in [3.8, 4) is 0 Å². The normalized spacial score (nSPS) is 56.4. The van der Waals surface area contributed by atoms with Gasteiger partial charge in [0.05, 0.1) is 6.84 Å². The molecule has 3 heteroatoms. The fraction of sp³-hybridized carbons (Fsp3) is 0.920. The van der Waals surface area contributed by atoms with E-state index in [0.717, 1.165) is 77.4 Å². The van der Waals surface area contributed by atoms with Gasteiger partial charge in [-0.2, -0.15) is 0 Å². The third kappa shape index (κ3) is 5.49. The van der Waals surface area contributed by atoms with Crippen molar-refractivity contribution < 1.29 is 4.39 Å². The molecule has 0 N–H and O–H groups in total. The number of rotatable bonds is 4. The summed E-state index contributed by atoms with van der Waals surface area (Å²) in [6.45, 7) is 7.52. The summed E-state index contributed by atoms with van der Waals surface area (Å²) < 4.78 is 19.5. The van der Waals surface area contributed by atoms with Crippen LogP contribution in [0.15, 0.2) is 23.8 Å². The maximum atomic E-state index is 19.7. The Balaban J connectivity index is 1.08. The Kier molecular flexibility index (Phi) is 10.3. The minimum Gasteiger partial charge on any atom is -0.242 e. The first-order valence-electron chi connectivity index (χ1n) is 24.0. The molecule has 0 spiro atoms. The van der Waals surface area contributed by atoms with Crippen molar-refractivity contribution in [1.82, 2.24) is 0 Å². The maximum Gasteiger partial charge on any atom is 0.133 e. The summed E-state index contributed by atoms with van der Waals surface area (Å²) in [4.78, 5) is 0. The maximum absolute atomic E-state index is 19.7. The number of halogens is 3. The smallest absolute Gasteiger partial charge is 0.133 e. The van der Waals surface area contributed by atoms with Crippen molar-refractivity contribution in [2.45, 2.75) is 187 Å². The van der Waals surface area contributed by atoms with Crippen molar-refractivity contribution >= 4 is 45.2 Å². The van der Waals surface area contributed by atoms with Gasteiger partial charge < -0.3 is 0 Å². The van der Waals surface area contributed by atoms with E-state index in [0.29, 0.717) is 17.8 Å². The Labute approximate surface area is 352 Å². The summed E-state index contributed by atoms with van der Waals surface area (Å²) in [5.74, 6) is 12.2. The summed E-state index contributed by atoms with van der Waals surface area (Å²) in [5.41, 5.74) is 0.543. The van der Waals surface area contributed by atoms with E-state index < -0.39 is 5.67 Å². The molecule has 0 aromatic heterocycles. The molecule has 10 aliphatic rings. The molecule has 18 atom stereocenters. The van der Waals surface area contributed by atoms with Gasteiger partial charge in [-0.3, -0.25) is 0 Å². The number of alkyl halides is 3. The van der Waals surface area contributed by atoms with Crippen LogP contribution in [-0.2, 0) is 0 Å². The fourth-order valence-corrected chi connectivity index (χ4v) is 23.3. The minimum atomic E-state index is -1.08. The lowest BCUT2D eigenvalue weighted by molar-refractivity contribution is -0.238. The third-order valence-electron chi connectivity index (χ3n) is 20.9. The van der Waals surface area contributed by atoms with Crippen LogP contribution >= 0.6 is 45.2 Å². The van der Waals surface area contributed by atoms with Crippen LogP contribution in [0.3, 0.4) is 0 Å². The molecule has 0 heterocycles. The average Bonchev–Trinajstić information content (AvgIpc) is 3.43. The molecule has 18 unspecified atom stereocenters. The van der Waals surface area contributed by atoms with Crippen molar-refractivity contribution in [2.24, 2.45) is 94.2 Å². The Bertz CT molecular complexity index is 1430. The van der Waals surface area contributed by atoms with E-state index in [1.165, 1.54) is 148 Å². The highest BCUT2D eigenvalue weighted by Gasteiger charge is 2.89. The third-order valence-corrected chi connectivity index (χ3v) is 27.2. The van der Waals surface area contributed by atoms with E-state index in [2.05, 4.69) is 84.2 Å². The van der Waals surface area contributed by atoms with Gasteiger partial charge in [-0.25, -0.2) is 4.39 Å². The number of hydrogen-bond donors (Lipinski definition) is 0. The van der Waals surface area contributed by atoms with Gasteiger partial charge in [0.25, 0.3) is 0 Å². The second-order valence-corrected chi connectivity index (χ2v) is 25.8. The van der Waals surface area contributed by atoms with Crippen LogP contribution in [0.4, 0.5) is 4.39 Å². The molecule has 53 heavy (non-hydrogen) atoms. The van der Waals surface area contributed by atoms with Crippen LogP contribution in [-0.4, -0.2) is 12.5 Å². The van der Waals surface area contributed by atoms with Crippen molar-refractivity contribution in [2.75, 3.05) is 0 Å². The molecule has 10 rings (SSSR count). The van der Waals surface area contributed by atoms with E-state index in [1.807, 2.05) is 5.57 Å². The van der Waals surface area contributed by atoms with Crippen LogP contribution in [0, 0.1) is 94.2 Å². The number of hydrogen-bond acceptors (Lipinski definition) is 0. The molecule has 0 aliphatic heterocycles. The summed E-state index contributed by atoms with van der Waals surface area (Å²) in [6, 6.07) is 0. The lowest BCUT2D eigenvalue weighted by Gasteiger charge is -2.81. The summed E-state index contributed by atoms with van der Waals surface area (Å²) in [5, 5.41) is 0. The number of allylic oxidation sites excluding steroid dienone is 4. The second-order valence-electron chi connectivity index (χ2n) is 22.4. The van der Waals surface area contributed by atoms with Crippen LogP contribution in [0.2, 0.25) is 0 Å². The molecule has 296 valence electrons. The molecule has 0 aromatic carbocycles. The highest BCUT2D eigenvalue weighted by atomic mass is 127. The molecule has 8 fully saturated rings. The largest absolute Gasteiger partial charge is 0.242 e. The quantitative estimate of drug-likeness (QED) is 0.114. The monoisotopic (exact) mass is 948 g/mol. The zero-order valence-corrected chi connectivity index (χ0v) is 38.3. The van der Waals surface area contributed by atoms with E-state index >= 15 is 4.39 Å². The lowest BCUT2D eigenvalue weighted by Crippen LogP contribution is -2.90. The van der Waals surface area contributed by atoms with Crippen LogP contribution < -0.4 is 0 Å². The highest BCUT2D eigenvalue weighted by Crippen LogP contribution is 2.85. The van der Waals surface area contributed by atoms with Gasteiger partial charge in [0, 0.05) is 5.41 Å². The highest BCUT2D eigenvalue weighted by molar-refractivity contribution is 14.1. The lowest BCUT2D eigenvalue weighted by atomic mass is 9.32. The summed E-state index contributed by atoms with van der Waals surface area (Å²) in [7, 11) is 0. The van der Waals surface area contributed by atoms with Gasteiger partial charge in [0.1, 0.15) is 5.67 Å². The molecule has 0 nitrogen and oxygen atoms in total. The molecular formula is C50H75FI2. The molecule has 6 bridgehead atoms. The number of fused-ring (bicyclic) bond motifs is 16. The Hall–Kier alpha value is 0.870. The zero-order valence-electron chi connectivity index (χ0n) is 34.0. The van der Waals surface area contributed by atoms with Crippen LogP contribution in [0.25, 0.3) is 0 Å². The fourth-order valence-electron chi connectivity index (χ4n) is 18.2. The molecular weight excluding hydrogens is 873 g/mol. The van der Waals surface area contributed by atoms with Gasteiger partial charge in [-0.1, -0.05) is 122 Å². The van der Waals surface area contributed by atoms with E-state index in [1.54, 1.807) is 0 Å². The first-order chi connectivity index (χ1) is 25.6. The van der Waals surface area contributed by atoms with Gasteiger partial charge in [0.2, 0.25) is 0 Å². The molecule has 0 radical (unpaired) electrons. The second kappa shape index (κ2) is 14.3.